The van der Waals surface area contributed by atoms with Crippen LogP contribution >= 0.6 is 11.6 Å². The molecule has 0 aromatic heterocycles. The van der Waals surface area contributed by atoms with Crippen LogP contribution in [-0.2, 0) is 15.8 Å². The Morgan fingerprint density at radius 3 is 1.87 bits per heavy atom. The summed E-state index contributed by atoms with van der Waals surface area (Å²) in [6, 6.07) is 5.70. The summed E-state index contributed by atoms with van der Waals surface area (Å²) in [6.45, 7) is 0. The number of hydrogen-bond acceptors (Lipinski definition) is 2. The van der Waals surface area contributed by atoms with Crippen molar-refractivity contribution in [2.45, 2.75) is 5.75 Å². The molecule has 0 aliphatic carbocycles. The molecule has 0 aliphatic rings. The molecule has 0 spiro atoms. The van der Waals surface area contributed by atoms with Crippen molar-refractivity contribution in [3.8, 4) is 0 Å². The van der Waals surface area contributed by atoms with Crippen LogP contribution in [0.25, 0.3) is 0 Å². The summed E-state index contributed by atoms with van der Waals surface area (Å²) >= 11 is 5.76. The summed E-state index contributed by atoms with van der Waals surface area (Å²) in [4.78, 5) is 0. The molecule has 0 aliphatic heterocycles. The number of hydrogen-bond donors (Lipinski definition) is 1. The average molecular weight is 372 g/mol. The maximum absolute atomic E-state index is 13.5. The molecule has 0 saturated heterocycles. The Kier molecular flexibility index (Phi) is 4.81. The molecule has 2 aromatic rings. The zero-order chi connectivity index (χ0) is 17.4. The number of benzene rings is 2. The summed E-state index contributed by atoms with van der Waals surface area (Å²) in [5.74, 6) is -12.2. The standard InChI is InChI=1S/C13H7ClF5NO2S/c14-7-4-2-1-3-6(7)5-23(21,22)20-13-11(18)9(16)8(15)10(17)12(13)19/h1-4,20H,5H2. The van der Waals surface area contributed by atoms with E-state index < -0.39 is 50.5 Å². The van der Waals surface area contributed by atoms with E-state index in [1.807, 2.05) is 0 Å². The minimum atomic E-state index is -4.47. The highest BCUT2D eigenvalue weighted by atomic mass is 35.5. The molecular weight excluding hydrogens is 365 g/mol. The van der Waals surface area contributed by atoms with Gasteiger partial charge in [0.1, 0.15) is 5.69 Å². The van der Waals surface area contributed by atoms with E-state index >= 15 is 0 Å². The van der Waals surface area contributed by atoms with Gasteiger partial charge in [-0.1, -0.05) is 29.8 Å². The fourth-order valence-corrected chi connectivity index (χ4v) is 3.21. The Morgan fingerprint density at radius 2 is 1.35 bits per heavy atom. The zero-order valence-corrected chi connectivity index (χ0v) is 12.6. The van der Waals surface area contributed by atoms with Crippen molar-refractivity contribution >= 4 is 27.3 Å². The van der Waals surface area contributed by atoms with Gasteiger partial charge >= 0.3 is 0 Å². The molecule has 23 heavy (non-hydrogen) atoms. The van der Waals surface area contributed by atoms with Gasteiger partial charge in [-0.3, -0.25) is 4.72 Å². The predicted molar refractivity (Wildman–Crippen MR) is 73.9 cm³/mol. The van der Waals surface area contributed by atoms with Crippen molar-refractivity contribution in [2.24, 2.45) is 0 Å². The normalized spacial score (nSPS) is 11.6. The van der Waals surface area contributed by atoms with E-state index in [1.165, 1.54) is 29.0 Å². The molecule has 0 fully saturated rings. The van der Waals surface area contributed by atoms with Gasteiger partial charge in [0.2, 0.25) is 15.8 Å². The van der Waals surface area contributed by atoms with Gasteiger partial charge < -0.3 is 0 Å². The first-order valence-electron chi connectivity index (χ1n) is 5.89. The number of halogens is 6. The molecule has 2 rings (SSSR count). The Hall–Kier alpha value is -1.87. The smallest absolute Gasteiger partial charge is 0.237 e. The van der Waals surface area contributed by atoms with Crippen LogP contribution in [0.15, 0.2) is 24.3 Å². The van der Waals surface area contributed by atoms with Crippen LogP contribution in [0.5, 0.6) is 0 Å². The number of nitrogens with one attached hydrogen (secondary N) is 1. The molecular formula is C13H7ClF5NO2S. The summed E-state index contributed by atoms with van der Waals surface area (Å²) in [5.41, 5.74) is -1.56. The lowest BCUT2D eigenvalue weighted by molar-refractivity contribution is 0.382. The van der Waals surface area contributed by atoms with Crippen molar-refractivity contribution in [3.63, 3.8) is 0 Å². The van der Waals surface area contributed by atoms with Crippen LogP contribution in [-0.4, -0.2) is 8.42 Å². The fraction of sp³-hybridized carbons (Fsp3) is 0.0769. The molecule has 0 heterocycles. The third-order valence-corrected chi connectivity index (χ3v) is 4.35. The maximum Gasteiger partial charge on any atom is 0.237 e. The minimum absolute atomic E-state index is 0.0651. The summed E-state index contributed by atoms with van der Waals surface area (Å²) in [6.07, 6.45) is 0. The third-order valence-electron chi connectivity index (χ3n) is 2.77. The molecule has 10 heteroatoms. The molecule has 0 amide bonds. The van der Waals surface area contributed by atoms with Gasteiger partial charge in [-0.15, -0.1) is 0 Å². The van der Waals surface area contributed by atoms with Gasteiger partial charge in [-0.25, -0.2) is 30.4 Å². The van der Waals surface area contributed by atoms with E-state index in [2.05, 4.69) is 0 Å². The van der Waals surface area contributed by atoms with Gasteiger partial charge in [0.05, 0.1) is 5.75 Å². The lowest BCUT2D eigenvalue weighted by Gasteiger charge is -2.12. The average Bonchev–Trinajstić information content (AvgIpc) is 2.50. The largest absolute Gasteiger partial charge is 0.277 e. The fourth-order valence-electron chi connectivity index (χ4n) is 1.71. The second kappa shape index (κ2) is 6.32. The molecule has 0 bridgehead atoms. The topological polar surface area (TPSA) is 46.2 Å². The molecule has 0 atom stereocenters. The Balaban J connectivity index is 2.41. The Labute approximate surface area is 132 Å². The molecule has 1 N–H and O–H groups in total. The highest BCUT2D eigenvalue weighted by Gasteiger charge is 2.28. The second-order valence-corrected chi connectivity index (χ2v) is 6.53. The van der Waals surface area contributed by atoms with Crippen molar-refractivity contribution in [3.05, 3.63) is 63.9 Å². The van der Waals surface area contributed by atoms with Crippen LogP contribution in [0.1, 0.15) is 5.56 Å². The summed E-state index contributed by atoms with van der Waals surface area (Å²) in [7, 11) is -4.47. The van der Waals surface area contributed by atoms with Gasteiger partial charge in [-0.05, 0) is 11.6 Å². The predicted octanol–water partition coefficient (Wildman–Crippen LogP) is 3.98. The molecule has 0 radical (unpaired) electrons. The maximum atomic E-state index is 13.5. The van der Waals surface area contributed by atoms with Crippen molar-refractivity contribution in [1.29, 1.82) is 0 Å². The van der Waals surface area contributed by atoms with Crippen molar-refractivity contribution in [1.82, 2.24) is 0 Å². The first kappa shape index (κ1) is 17.5. The van der Waals surface area contributed by atoms with E-state index in [9.17, 15) is 30.4 Å². The second-order valence-electron chi connectivity index (χ2n) is 4.40. The summed E-state index contributed by atoms with van der Waals surface area (Å²) < 4.78 is 91.1. The lowest BCUT2D eigenvalue weighted by Crippen LogP contribution is -2.19. The van der Waals surface area contributed by atoms with E-state index in [-0.39, 0.29) is 10.6 Å². The lowest BCUT2D eigenvalue weighted by atomic mass is 10.2. The molecule has 124 valence electrons. The Bertz CT molecular complexity index is 844. The van der Waals surface area contributed by atoms with Crippen LogP contribution in [0.3, 0.4) is 0 Å². The number of rotatable bonds is 4. The molecule has 0 unspecified atom stereocenters. The first-order chi connectivity index (χ1) is 10.6. The number of anilines is 1. The van der Waals surface area contributed by atoms with Gasteiger partial charge in [0, 0.05) is 5.02 Å². The number of sulfonamides is 1. The van der Waals surface area contributed by atoms with Crippen molar-refractivity contribution in [2.75, 3.05) is 4.72 Å². The quantitative estimate of drug-likeness (QED) is 0.502. The van der Waals surface area contributed by atoms with E-state index in [1.54, 1.807) is 0 Å². The highest BCUT2D eigenvalue weighted by molar-refractivity contribution is 7.91. The van der Waals surface area contributed by atoms with Gasteiger partial charge in [-0.2, -0.15) is 0 Å². The molecule has 2 aromatic carbocycles. The Morgan fingerprint density at radius 1 is 0.870 bits per heavy atom. The van der Waals surface area contributed by atoms with Crippen LogP contribution < -0.4 is 4.72 Å². The monoisotopic (exact) mass is 371 g/mol. The SMILES string of the molecule is O=S(=O)(Cc1ccccc1Cl)Nc1c(F)c(F)c(F)c(F)c1F. The van der Waals surface area contributed by atoms with E-state index in [0.29, 0.717) is 0 Å². The molecule has 0 saturated carbocycles. The van der Waals surface area contributed by atoms with Crippen molar-refractivity contribution < 1.29 is 30.4 Å². The minimum Gasteiger partial charge on any atom is -0.277 e. The van der Waals surface area contributed by atoms with E-state index in [4.69, 9.17) is 11.6 Å². The van der Waals surface area contributed by atoms with Crippen LogP contribution in [0.4, 0.5) is 27.6 Å². The van der Waals surface area contributed by atoms with Crippen LogP contribution in [0, 0.1) is 29.1 Å². The van der Waals surface area contributed by atoms with Gasteiger partial charge in [0.25, 0.3) is 0 Å². The summed E-state index contributed by atoms with van der Waals surface area (Å²) in [5, 5.41) is 0.0651. The highest BCUT2D eigenvalue weighted by Crippen LogP contribution is 2.28. The van der Waals surface area contributed by atoms with E-state index in [0.717, 1.165) is 0 Å². The molecule has 3 nitrogen and oxygen atoms in total. The zero-order valence-electron chi connectivity index (χ0n) is 11.0. The third kappa shape index (κ3) is 3.56. The van der Waals surface area contributed by atoms with Crippen LogP contribution in [0.2, 0.25) is 5.02 Å². The van der Waals surface area contributed by atoms with Gasteiger partial charge in [0.15, 0.2) is 23.3 Å². The first-order valence-corrected chi connectivity index (χ1v) is 7.92.